The van der Waals surface area contributed by atoms with E-state index in [1.165, 1.54) is 25.8 Å². The zero-order valence-electron chi connectivity index (χ0n) is 14.5. The van der Waals surface area contributed by atoms with Crippen LogP contribution in [0.3, 0.4) is 0 Å². The van der Waals surface area contributed by atoms with Crippen LogP contribution in [0.25, 0.3) is 0 Å². The van der Waals surface area contributed by atoms with Gasteiger partial charge in [0.25, 0.3) is 0 Å². The van der Waals surface area contributed by atoms with E-state index < -0.39 is 0 Å². The van der Waals surface area contributed by atoms with Crippen LogP contribution >= 0.6 is 0 Å². The standard InChI is InChI=1S/C19H29N3O2/c1-2-7-20-18(3-1)22-8-6-19(15-22)14-21(9-12-24-16-19)13-17-4-10-23-11-5-17/h1-3,7,17H,4-6,8-16H2/t19-/m0/s1. The summed E-state index contributed by atoms with van der Waals surface area (Å²) in [6.45, 7) is 9.23. The van der Waals surface area contributed by atoms with E-state index in [1.54, 1.807) is 0 Å². The van der Waals surface area contributed by atoms with Crippen molar-refractivity contribution in [2.24, 2.45) is 11.3 Å². The Morgan fingerprint density at radius 3 is 2.83 bits per heavy atom. The van der Waals surface area contributed by atoms with Gasteiger partial charge in [-0.3, -0.25) is 0 Å². The summed E-state index contributed by atoms with van der Waals surface area (Å²) in [4.78, 5) is 9.62. The van der Waals surface area contributed by atoms with E-state index in [9.17, 15) is 0 Å². The summed E-state index contributed by atoms with van der Waals surface area (Å²) in [7, 11) is 0. The molecule has 1 aromatic rings. The molecule has 5 nitrogen and oxygen atoms in total. The molecule has 0 N–H and O–H groups in total. The van der Waals surface area contributed by atoms with Gasteiger partial charge in [0.2, 0.25) is 0 Å². The largest absolute Gasteiger partial charge is 0.381 e. The highest BCUT2D eigenvalue weighted by atomic mass is 16.5. The summed E-state index contributed by atoms with van der Waals surface area (Å²) in [5.74, 6) is 1.90. The monoisotopic (exact) mass is 331 g/mol. The molecule has 1 spiro atoms. The normalized spacial score (nSPS) is 29.9. The van der Waals surface area contributed by atoms with E-state index in [0.717, 1.165) is 64.3 Å². The third-order valence-electron chi connectivity index (χ3n) is 5.79. The molecular formula is C19H29N3O2. The Kier molecular flexibility index (Phi) is 5.01. The molecule has 1 aromatic heterocycles. The van der Waals surface area contributed by atoms with Crippen LogP contribution in [-0.4, -0.2) is 69.0 Å². The molecule has 5 heteroatoms. The van der Waals surface area contributed by atoms with Crippen LogP contribution in [-0.2, 0) is 9.47 Å². The second-order valence-electron chi connectivity index (χ2n) is 7.70. The minimum Gasteiger partial charge on any atom is -0.381 e. The Hall–Kier alpha value is -1.17. The zero-order valence-corrected chi connectivity index (χ0v) is 14.5. The summed E-state index contributed by atoms with van der Waals surface area (Å²) in [6.07, 6.45) is 5.52. The van der Waals surface area contributed by atoms with Crippen LogP contribution < -0.4 is 4.90 Å². The summed E-state index contributed by atoms with van der Waals surface area (Å²) >= 11 is 0. The van der Waals surface area contributed by atoms with Gasteiger partial charge in [0.15, 0.2) is 0 Å². The van der Waals surface area contributed by atoms with Gasteiger partial charge in [-0.25, -0.2) is 4.98 Å². The van der Waals surface area contributed by atoms with Crippen LogP contribution in [0.2, 0.25) is 0 Å². The molecule has 1 atom stereocenters. The summed E-state index contributed by atoms with van der Waals surface area (Å²) in [5, 5.41) is 0. The first-order valence-corrected chi connectivity index (χ1v) is 9.37. The predicted molar refractivity (Wildman–Crippen MR) is 94.3 cm³/mol. The minimum absolute atomic E-state index is 0.263. The Labute approximate surface area is 144 Å². The summed E-state index contributed by atoms with van der Waals surface area (Å²) in [6, 6.07) is 6.18. The van der Waals surface area contributed by atoms with Crippen LogP contribution in [0.5, 0.6) is 0 Å². The van der Waals surface area contributed by atoms with Gasteiger partial charge in [0.05, 0.1) is 13.2 Å². The quantitative estimate of drug-likeness (QED) is 0.847. The molecule has 0 amide bonds. The molecule has 3 aliphatic heterocycles. The lowest BCUT2D eigenvalue weighted by atomic mass is 9.87. The van der Waals surface area contributed by atoms with Crippen LogP contribution in [0.1, 0.15) is 19.3 Å². The smallest absolute Gasteiger partial charge is 0.128 e. The number of ether oxygens (including phenoxy) is 2. The Balaban J connectivity index is 1.40. The molecule has 3 saturated heterocycles. The number of rotatable bonds is 3. The molecule has 0 saturated carbocycles. The van der Waals surface area contributed by atoms with Crippen molar-refractivity contribution in [2.75, 3.05) is 64.1 Å². The number of anilines is 1. The maximum absolute atomic E-state index is 6.02. The zero-order chi connectivity index (χ0) is 16.2. The molecule has 4 heterocycles. The molecule has 24 heavy (non-hydrogen) atoms. The highest BCUT2D eigenvalue weighted by Crippen LogP contribution is 2.35. The molecule has 132 valence electrons. The molecule has 0 unspecified atom stereocenters. The molecule has 0 aromatic carbocycles. The molecule has 3 aliphatic rings. The van der Waals surface area contributed by atoms with Gasteiger partial charge in [0, 0.05) is 57.5 Å². The van der Waals surface area contributed by atoms with Gasteiger partial charge in [-0.2, -0.15) is 0 Å². The van der Waals surface area contributed by atoms with E-state index in [1.807, 2.05) is 12.3 Å². The van der Waals surface area contributed by atoms with E-state index in [4.69, 9.17) is 9.47 Å². The van der Waals surface area contributed by atoms with E-state index in [0.29, 0.717) is 0 Å². The molecule has 4 rings (SSSR count). The van der Waals surface area contributed by atoms with Gasteiger partial charge in [-0.05, 0) is 37.3 Å². The Morgan fingerprint density at radius 1 is 1.08 bits per heavy atom. The molecular weight excluding hydrogens is 302 g/mol. The van der Waals surface area contributed by atoms with Crippen molar-refractivity contribution in [3.8, 4) is 0 Å². The predicted octanol–water partition coefficient (Wildman–Crippen LogP) is 2.04. The fourth-order valence-corrected chi connectivity index (χ4v) is 4.45. The van der Waals surface area contributed by atoms with Crippen molar-refractivity contribution in [1.82, 2.24) is 9.88 Å². The third kappa shape index (κ3) is 3.73. The SMILES string of the molecule is c1ccc(N2CC[C@@]3(COCCN(CC4CCOCC4)C3)C2)nc1. The fourth-order valence-electron chi connectivity index (χ4n) is 4.45. The van der Waals surface area contributed by atoms with Crippen molar-refractivity contribution in [3.63, 3.8) is 0 Å². The van der Waals surface area contributed by atoms with Gasteiger partial charge in [-0.15, -0.1) is 0 Å². The number of nitrogens with zero attached hydrogens (tertiary/aromatic N) is 3. The highest BCUT2D eigenvalue weighted by molar-refractivity contribution is 5.40. The molecule has 3 fully saturated rings. The average molecular weight is 331 g/mol. The van der Waals surface area contributed by atoms with Crippen LogP contribution in [0.15, 0.2) is 24.4 Å². The first kappa shape index (κ1) is 16.3. The van der Waals surface area contributed by atoms with Crippen LogP contribution in [0, 0.1) is 11.3 Å². The second kappa shape index (κ2) is 7.38. The van der Waals surface area contributed by atoms with Crippen LogP contribution in [0.4, 0.5) is 5.82 Å². The van der Waals surface area contributed by atoms with Crippen molar-refractivity contribution in [3.05, 3.63) is 24.4 Å². The topological polar surface area (TPSA) is 37.8 Å². The van der Waals surface area contributed by atoms with Crippen molar-refractivity contribution in [2.45, 2.75) is 19.3 Å². The Morgan fingerprint density at radius 2 is 2.00 bits per heavy atom. The summed E-state index contributed by atoms with van der Waals surface area (Å²) < 4.78 is 11.5. The average Bonchev–Trinajstić information content (AvgIpc) is 2.94. The van der Waals surface area contributed by atoms with Crippen molar-refractivity contribution in [1.29, 1.82) is 0 Å². The van der Waals surface area contributed by atoms with E-state index in [-0.39, 0.29) is 5.41 Å². The number of hydrogen-bond donors (Lipinski definition) is 0. The van der Waals surface area contributed by atoms with Gasteiger partial charge >= 0.3 is 0 Å². The molecule has 0 aliphatic carbocycles. The first-order chi connectivity index (χ1) is 11.8. The number of pyridine rings is 1. The Bertz CT molecular complexity index is 521. The van der Waals surface area contributed by atoms with E-state index in [2.05, 4.69) is 26.9 Å². The van der Waals surface area contributed by atoms with Gasteiger partial charge in [-0.1, -0.05) is 6.07 Å². The second-order valence-corrected chi connectivity index (χ2v) is 7.70. The lowest BCUT2D eigenvalue weighted by Crippen LogP contribution is -2.43. The summed E-state index contributed by atoms with van der Waals surface area (Å²) in [5.41, 5.74) is 0.263. The third-order valence-corrected chi connectivity index (χ3v) is 5.79. The molecule has 0 radical (unpaired) electrons. The van der Waals surface area contributed by atoms with Crippen molar-refractivity contribution < 1.29 is 9.47 Å². The maximum Gasteiger partial charge on any atom is 0.128 e. The number of aromatic nitrogens is 1. The number of hydrogen-bond acceptors (Lipinski definition) is 5. The lowest BCUT2D eigenvalue weighted by molar-refractivity contribution is 0.0483. The van der Waals surface area contributed by atoms with E-state index >= 15 is 0 Å². The van der Waals surface area contributed by atoms with Gasteiger partial charge < -0.3 is 19.3 Å². The van der Waals surface area contributed by atoms with Crippen molar-refractivity contribution >= 4 is 5.82 Å². The highest BCUT2D eigenvalue weighted by Gasteiger charge is 2.41. The fraction of sp³-hybridized carbons (Fsp3) is 0.737. The first-order valence-electron chi connectivity index (χ1n) is 9.37. The molecule has 0 bridgehead atoms. The minimum atomic E-state index is 0.263. The maximum atomic E-state index is 6.02. The van der Waals surface area contributed by atoms with Gasteiger partial charge in [0.1, 0.15) is 5.82 Å². The lowest BCUT2D eigenvalue weighted by Gasteiger charge is -2.34.